The Bertz CT molecular complexity index is 588. The Kier molecular flexibility index (Phi) is 9.97. The summed E-state index contributed by atoms with van der Waals surface area (Å²) in [6, 6.07) is 2.39. The van der Waals surface area contributed by atoms with Gasteiger partial charge in [-0.25, -0.2) is 0 Å². The molecule has 7 nitrogen and oxygen atoms in total. The van der Waals surface area contributed by atoms with Crippen molar-refractivity contribution in [1.29, 1.82) is 0 Å². The molecule has 1 aliphatic rings. The maximum atomic E-state index is 12.2. The number of nitrogens with one attached hydrogen (secondary N) is 3. The van der Waals surface area contributed by atoms with E-state index in [1.54, 1.807) is 7.05 Å². The number of amides is 1. The summed E-state index contributed by atoms with van der Waals surface area (Å²) in [6.45, 7) is 6.58. The van der Waals surface area contributed by atoms with Crippen LogP contribution in [-0.4, -0.2) is 36.2 Å². The fraction of sp³-hybridized carbons (Fsp3) is 0.722. The van der Waals surface area contributed by atoms with Gasteiger partial charge in [-0.05, 0) is 39.5 Å². The van der Waals surface area contributed by atoms with E-state index in [2.05, 4.69) is 26.1 Å². The van der Waals surface area contributed by atoms with Gasteiger partial charge in [0.25, 0.3) is 0 Å². The number of aryl methyl sites for hydroxylation is 1. The number of halogens is 1. The maximum absolute atomic E-state index is 12.2. The summed E-state index contributed by atoms with van der Waals surface area (Å²) in [5.74, 6) is 1.76. The van der Waals surface area contributed by atoms with E-state index in [1.165, 1.54) is 0 Å². The molecule has 26 heavy (non-hydrogen) atoms. The number of guanidine groups is 1. The number of rotatable bonds is 6. The standard InChI is InChI=1S/C18H31N5O2.HI/c1-5-14-10-16(25-23-14)11-20-18(19-4)22-15-8-6-7-13(9-15)17(24)21-12(2)3;/h10,12-13,15H,5-9,11H2,1-4H3,(H,21,24)(H2,19,20,22);1H. The number of hydrogen-bond acceptors (Lipinski definition) is 4. The summed E-state index contributed by atoms with van der Waals surface area (Å²) < 4.78 is 5.28. The minimum absolute atomic E-state index is 0. The van der Waals surface area contributed by atoms with Crippen LogP contribution in [0.4, 0.5) is 0 Å². The van der Waals surface area contributed by atoms with Gasteiger partial charge in [-0.3, -0.25) is 9.79 Å². The molecule has 1 heterocycles. The number of carbonyl (C=O) groups is 1. The van der Waals surface area contributed by atoms with E-state index in [-0.39, 0.29) is 47.9 Å². The Hall–Kier alpha value is -1.32. The second kappa shape index (κ2) is 11.4. The monoisotopic (exact) mass is 477 g/mol. The highest BCUT2D eigenvalue weighted by Gasteiger charge is 2.28. The van der Waals surface area contributed by atoms with Gasteiger partial charge in [0.05, 0.1) is 12.2 Å². The van der Waals surface area contributed by atoms with Gasteiger partial charge < -0.3 is 20.5 Å². The van der Waals surface area contributed by atoms with Crippen molar-refractivity contribution in [3.8, 4) is 0 Å². The zero-order valence-corrected chi connectivity index (χ0v) is 18.5. The first-order valence-corrected chi connectivity index (χ1v) is 9.23. The van der Waals surface area contributed by atoms with Crippen molar-refractivity contribution < 1.29 is 9.32 Å². The first kappa shape index (κ1) is 22.7. The minimum atomic E-state index is 0. The normalized spacial score (nSPS) is 20.4. The van der Waals surface area contributed by atoms with Crippen molar-refractivity contribution in [2.24, 2.45) is 10.9 Å². The summed E-state index contributed by atoms with van der Waals surface area (Å²) in [5.41, 5.74) is 0.950. The lowest BCUT2D eigenvalue weighted by atomic mass is 9.85. The third-order valence-corrected chi connectivity index (χ3v) is 4.44. The lowest BCUT2D eigenvalue weighted by Gasteiger charge is -2.30. The van der Waals surface area contributed by atoms with Crippen LogP contribution in [0.15, 0.2) is 15.6 Å². The Morgan fingerprint density at radius 1 is 1.42 bits per heavy atom. The van der Waals surface area contributed by atoms with Crippen LogP contribution in [0.2, 0.25) is 0 Å². The van der Waals surface area contributed by atoms with E-state index in [0.717, 1.165) is 49.5 Å². The van der Waals surface area contributed by atoms with Crippen LogP contribution in [0.1, 0.15) is 57.9 Å². The Morgan fingerprint density at radius 3 is 2.81 bits per heavy atom. The molecule has 1 saturated carbocycles. The molecular weight excluding hydrogens is 445 g/mol. The van der Waals surface area contributed by atoms with Gasteiger partial charge in [-0.15, -0.1) is 24.0 Å². The molecule has 3 N–H and O–H groups in total. The van der Waals surface area contributed by atoms with Crippen molar-refractivity contribution in [3.63, 3.8) is 0 Å². The van der Waals surface area contributed by atoms with E-state index in [4.69, 9.17) is 4.52 Å². The molecule has 1 aliphatic carbocycles. The lowest BCUT2D eigenvalue weighted by Crippen LogP contribution is -2.47. The average molecular weight is 477 g/mol. The number of hydrogen-bond donors (Lipinski definition) is 3. The van der Waals surface area contributed by atoms with Gasteiger partial charge in [0.15, 0.2) is 11.7 Å². The SMILES string of the molecule is CCc1cc(CNC(=NC)NC2CCCC(C(=O)NC(C)C)C2)on1.I. The van der Waals surface area contributed by atoms with Gasteiger partial charge in [0.1, 0.15) is 0 Å². The predicted octanol–water partition coefficient (Wildman–Crippen LogP) is 2.60. The second-order valence-electron chi connectivity index (χ2n) is 6.93. The molecule has 0 aromatic carbocycles. The van der Waals surface area contributed by atoms with Crippen molar-refractivity contribution in [2.75, 3.05) is 7.05 Å². The molecule has 148 valence electrons. The fourth-order valence-corrected chi connectivity index (χ4v) is 3.13. The Morgan fingerprint density at radius 2 is 2.19 bits per heavy atom. The molecular formula is C18H32IN5O2. The summed E-state index contributed by atoms with van der Waals surface area (Å²) in [5, 5.41) is 13.7. The number of aromatic nitrogens is 1. The summed E-state index contributed by atoms with van der Waals surface area (Å²) >= 11 is 0. The number of carbonyl (C=O) groups excluding carboxylic acids is 1. The van der Waals surface area contributed by atoms with Gasteiger partial charge in [0, 0.05) is 31.1 Å². The Balaban J connectivity index is 0.00000338. The zero-order valence-electron chi connectivity index (χ0n) is 16.2. The highest BCUT2D eigenvalue weighted by Crippen LogP contribution is 2.24. The molecule has 0 spiro atoms. The average Bonchev–Trinajstić information content (AvgIpc) is 3.06. The molecule has 0 bridgehead atoms. The van der Waals surface area contributed by atoms with Crippen LogP contribution in [-0.2, 0) is 17.8 Å². The number of nitrogens with zero attached hydrogens (tertiary/aromatic N) is 2. The molecule has 0 aliphatic heterocycles. The van der Waals surface area contributed by atoms with Gasteiger partial charge >= 0.3 is 0 Å². The first-order valence-electron chi connectivity index (χ1n) is 9.23. The van der Waals surface area contributed by atoms with Gasteiger partial charge in [-0.1, -0.05) is 18.5 Å². The highest BCUT2D eigenvalue weighted by atomic mass is 127. The van der Waals surface area contributed by atoms with Crippen molar-refractivity contribution in [3.05, 3.63) is 17.5 Å². The third kappa shape index (κ3) is 7.13. The van der Waals surface area contributed by atoms with Crippen molar-refractivity contribution in [1.82, 2.24) is 21.1 Å². The molecule has 0 radical (unpaired) electrons. The molecule has 8 heteroatoms. The van der Waals surface area contributed by atoms with E-state index >= 15 is 0 Å². The van der Waals surface area contributed by atoms with E-state index in [0.29, 0.717) is 6.54 Å². The maximum Gasteiger partial charge on any atom is 0.223 e. The molecule has 0 saturated heterocycles. The van der Waals surface area contributed by atoms with E-state index in [9.17, 15) is 4.79 Å². The van der Waals surface area contributed by atoms with Crippen LogP contribution >= 0.6 is 24.0 Å². The van der Waals surface area contributed by atoms with Gasteiger partial charge in [0.2, 0.25) is 5.91 Å². The van der Waals surface area contributed by atoms with Crippen LogP contribution in [0.25, 0.3) is 0 Å². The van der Waals surface area contributed by atoms with Crippen molar-refractivity contribution >= 4 is 35.8 Å². The number of aliphatic imine (C=N–C) groups is 1. The predicted molar refractivity (Wildman–Crippen MR) is 114 cm³/mol. The van der Waals surface area contributed by atoms with Crippen LogP contribution in [0, 0.1) is 5.92 Å². The smallest absolute Gasteiger partial charge is 0.223 e. The quantitative estimate of drug-likeness (QED) is 0.333. The molecule has 2 unspecified atom stereocenters. The molecule has 1 aromatic rings. The Labute approximate surface area is 173 Å². The summed E-state index contributed by atoms with van der Waals surface area (Å²) in [6.07, 6.45) is 4.75. The topological polar surface area (TPSA) is 91.5 Å². The van der Waals surface area contributed by atoms with Crippen LogP contribution in [0.3, 0.4) is 0 Å². The van der Waals surface area contributed by atoms with Gasteiger partial charge in [-0.2, -0.15) is 0 Å². The minimum Gasteiger partial charge on any atom is -0.359 e. The molecule has 1 amide bonds. The van der Waals surface area contributed by atoms with Crippen LogP contribution in [0.5, 0.6) is 0 Å². The largest absolute Gasteiger partial charge is 0.359 e. The molecule has 1 aromatic heterocycles. The molecule has 2 atom stereocenters. The summed E-state index contributed by atoms with van der Waals surface area (Å²) in [7, 11) is 1.75. The van der Waals surface area contributed by atoms with Crippen molar-refractivity contribution in [2.45, 2.75) is 71.5 Å². The molecule has 1 fully saturated rings. The van der Waals surface area contributed by atoms with E-state index in [1.807, 2.05) is 26.8 Å². The lowest BCUT2D eigenvalue weighted by molar-refractivity contribution is -0.126. The highest BCUT2D eigenvalue weighted by molar-refractivity contribution is 14.0. The third-order valence-electron chi connectivity index (χ3n) is 4.44. The zero-order chi connectivity index (χ0) is 18.2. The van der Waals surface area contributed by atoms with Crippen LogP contribution < -0.4 is 16.0 Å². The first-order chi connectivity index (χ1) is 12.0. The summed E-state index contributed by atoms with van der Waals surface area (Å²) in [4.78, 5) is 16.5. The van der Waals surface area contributed by atoms with E-state index < -0.39 is 0 Å². The molecule has 2 rings (SSSR count). The fourth-order valence-electron chi connectivity index (χ4n) is 3.13. The second-order valence-corrected chi connectivity index (χ2v) is 6.93.